The largest absolute Gasteiger partial charge is 0.491 e. The van der Waals surface area contributed by atoms with E-state index in [1.54, 1.807) is 23.1 Å². The minimum absolute atomic E-state index is 0.232. The van der Waals surface area contributed by atoms with Crippen LogP contribution in [0.25, 0.3) is 0 Å². The van der Waals surface area contributed by atoms with Gasteiger partial charge >= 0.3 is 0 Å². The van der Waals surface area contributed by atoms with Gasteiger partial charge in [-0.15, -0.1) is 11.3 Å². The Balaban J connectivity index is 2.02. The quantitative estimate of drug-likeness (QED) is 0.778. The van der Waals surface area contributed by atoms with Crippen LogP contribution in [0, 0.1) is 0 Å². The van der Waals surface area contributed by atoms with Gasteiger partial charge in [0.15, 0.2) is 0 Å². The SMILES string of the molecule is CC(C)Oc1ccc(Sc2cccs2)cc1. The number of thiophene rings is 1. The lowest BCUT2D eigenvalue weighted by molar-refractivity contribution is 0.242. The van der Waals surface area contributed by atoms with Gasteiger partial charge in [0.05, 0.1) is 10.3 Å². The van der Waals surface area contributed by atoms with Crippen molar-refractivity contribution in [3.8, 4) is 5.75 Å². The van der Waals surface area contributed by atoms with Crippen molar-refractivity contribution < 1.29 is 4.74 Å². The van der Waals surface area contributed by atoms with E-state index >= 15 is 0 Å². The summed E-state index contributed by atoms with van der Waals surface area (Å²) in [6.07, 6.45) is 0.232. The summed E-state index contributed by atoms with van der Waals surface area (Å²) in [5.74, 6) is 0.936. The third-order valence-corrected chi connectivity index (χ3v) is 3.95. The molecule has 2 aromatic rings. The fraction of sp³-hybridized carbons (Fsp3) is 0.231. The molecule has 16 heavy (non-hydrogen) atoms. The summed E-state index contributed by atoms with van der Waals surface area (Å²) >= 11 is 3.55. The third-order valence-electron chi connectivity index (χ3n) is 1.91. The zero-order chi connectivity index (χ0) is 11.4. The van der Waals surface area contributed by atoms with E-state index < -0.39 is 0 Å². The Labute approximate surface area is 104 Å². The Morgan fingerprint density at radius 1 is 1.12 bits per heavy atom. The molecule has 0 atom stereocenters. The van der Waals surface area contributed by atoms with Gasteiger partial charge in [-0.2, -0.15) is 0 Å². The lowest BCUT2D eigenvalue weighted by Gasteiger charge is -2.09. The maximum Gasteiger partial charge on any atom is 0.119 e. The molecule has 1 heterocycles. The molecule has 0 saturated carbocycles. The molecule has 0 N–H and O–H groups in total. The smallest absolute Gasteiger partial charge is 0.119 e. The maximum absolute atomic E-state index is 5.60. The van der Waals surface area contributed by atoms with Gasteiger partial charge in [-0.05, 0) is 49.6 Å². The van der Waals surface area contributed by atoms with Crippen LogP contribution in [0.15, 0.2) is 50.9 Å². The van der Waals surface area contributed by atoms with Crippen molar-refractivity contribution in [3.63, 3.8) is 0 Å². The van der Waals surface area contributed by atoms with Crippen LogP contribution in [0.3, 0.4) is 0 Å². The molecule has 0 aliphatic carbocycles. The second-order valence-electron chi connectivity index (χ2n) is 3.67. The number of hydrogen-bond donors (Lipinski definition) is 0. The van der Waals surface area contributed by atoms with E-state index in [-0.39, 0.29) is 6.10 Å². The first-order valence-electron chi connectivity index (χ1n) is 5.22. The summed E-state index contributed by atoms with van der Waals surface area (Å²) in [5.41, 5.74) is 0. The topological polar surface area (TPSA) is 9.23 Å². The summed E-state index contributed by atoms with van der Waals surface area (Å²) < 4.78 is 6.91. The molecule has 2 rings (SSSR count). The van der Waals surface area contributed by atoms with E-state index in [0.717, 1.165) is 5.75 Å². The predicted molar refractivity (Wildman–Crippen MR) is 70.6 cm³/mol. The lowest BCUT2D eigenvalue weighted by atomic mass is 10.3. The Hall–Kier alpha value is -0.930. The molecule has 3 heteroatoms. The third kappa shape index (κ3) is 3.29. The van der Waals surface area contributed by atoms with Crippen LogP contribution >= 0.6 is 23.1 Å². The van der Waals surface area contributed by atoms with Gasteiger partial charge in [0, 0.05) is 4.90 Å². The summed E-state index contributed by atoms with van der Waals surface area (Å²) in [7, 11) is 0. The Morgan fingerprint density at radius 2 is 1.88 bits per heavy atom. The van der Waals surface area contributed by atoms with E-state index in [1.165, 1.54) is 9.10 Å². The number of ether oxygens (including phenoxy) is 1. The number of benzene rings is 1. The molecule has 0 unspecified atom stereocenters. The molecule has 0 spiro atoms. The fourth-order valence-electron chi connectivity index (χ4n) is 1.30. The summed E-state index contributed by atoms with van der Waals surface area (Å²) in [6.45, 7) is 4.07. The molecule has 1 aromatic heterocycles. The second-order valence-corrected chi connectivity index (χ2v) is 5.99. The van der Waals surface area contributed by atoms with Crippen LogP contribution in [0.5, 0.6) is 5.75 Å². The standard InChI is InChI=1S/C13H14OS2/c1-10(2)14-11-5-7-12(8-6-11)16-13-4-3-9-15-13/h3-10H,1-2H3. The van der Waals surface area contributed by atoms with Gasteiger partial charge in [-0.3, -0.25) is 0 Å². The Kier molecular flexibility index (Phi) is 3.91. The zero-order valence-electron chi connectivity index (χ0n) is 9.34. The molecule has 0 fully saturated rings. The summed E-state index contributed by atoms with van der Waals surface area (Å²) in [5, 5.41) is 2.10. The minimum atomic E-state index is 0.232. The van der Waals surface area contributed by atoms with E-state index in [2.05, 4.69) is 29.6 Å². The van der Waals surface area contributed by atoms with Crippen LogP contribution in [0.4, 0.5) is 0 Å². The van der Waals surface area contributed by atoms with Crippen LogP contribution < -0.4 is 4.74 Å². The molecule has 84 valence electrons. The molecule has 0 aliphatic rings. The molecule has 0 bridgehead atoms. The molecule has 0 radical (unpaired) electrons. The second kappa shape index (κ2) is 5.41. The van der Waals surface area contributed by atoms with E-state index in [4.69, 9.17) is 4.74 Å². The first-order chi connectivity index (χ1) is 7.74. The predicted octanol–water partition coefficient (Wildman–Crippen LogP) is 4.69. The molecular formula is C13H14OS2. The first-order valence-corrected chi connectivity index (χ1v) is 6.92. The van der Waals surface area contributed by atoms with Crippen molar-refractivity contribution in [2.75, 3.05) is 0 Å². The van der Waals surface area contributed by atoms with Crippen molar-refractivity contribution in [3.05, 3.63) is 41.8 Å². The van der Waals surface area contributed by atoms with Crippen LogP contribution in [0.1, 0.15) is 13.8 Å². The van der Waals surface area contributed by atoms with Crippen molar-refractivity contribution in [2.24, 2.45) is 0 Å². The molecule has 0 saturated heterocycles. The monoisotopic (exact) mass is 250 g/mol. The molecule has 1 aromatic carbocycles. The van der Waals surface area contributed by atoms with E-state index in [0.29, 0.717) is 0 Å². The average molecular weight is 250 g/mol. The fourth-order valence-corrected chi connectivity index (χ4v) is 3.04. The molecule has 0 aliphatic heterocycles. The first kappa shape index (κ1) is 11.6. The normalized spacial score (nSPS) is 10.7. The van der Waals surface area contributed by atoms with Gasteiger partial charge in [0.25, 0.3) is 0 Å². The molecule has 1 nitrogen and oxygen atoms in total. The summed E-state index contributed by atoms with van der Waals surface area (Å²) in [6, 6.07) is 12.5. The van der Waals surface area contributed by atoms with Crippen LogP contribution in [-0.2, 0) is 0 Å². The molecular weight excluding hydrogens is 236 g/mol. The average Bonchev–Trinajstić information content (AvgIpc) is 2.73. The van der Waals surface area contributed by atoms with Crippen molar-refractivity contribution >= 4 is 23.1 Å². The highest BCUT2D eigenvalue weighted by Crippen LogP contribution is 2.32. The van der Waals surface area contributed by atoms with E-state index in [1.807, 2.05) is 26.0 Å². The molecule has 0 amide bonds. The lowest BCUT2D eigenvalue weighted by Crippen LogP contribution is -2.04. The highest BCUT2D eigenvalue weighted by Gasteiger charge is 2.00. The van der Waals surface area contributed by atoms with E-state index in [9.17, 15) is 0 Å². The van der Waals surface area contributed by atoms with Gasteiger partial charge in [-0.1, -0.05) is 17.8 Å². The van der Waals surface area contributed by atoms with Gasteiger partial charge < -0.3 is 4.74 Å². The maximum atomic E-state index is 5.60. The number of hydrogen-bond acceptors (Lipinski definition) is 3. The highest BCUT2D eigenvalue weighted by molar-refractivity contribution is 8.01. The van der Waals surface area contributed by atoms with Crippen LogP contribution in [-0.4, -0.2) is 6.10 Å². The van der Waals surface area contributed by atoms with Gasteiger partial charge in [0.1, 0.15) is 5.75 Å². The van der Waals surface area contributed by atoms with Crippen molar-refractivity contribution in [2.45, 2.75) is 29.1 Å². The van der Waals surface area contributed by atoms with Gasteiger partial charge in [-0.25, -0.2) is 0 Å². The highest BCUT2D eigenvalue weighted by atomic mass is 32.2. The number of rotatable bonds is 4. The minimum Gasteiger partial charge on any atom is -0.491 e. The zero-order valence-corrected chi connectivity index (χ0v) is 11.0. The summed E-state index contributed by atoms with van der Waals surface area (Å²) in [4.78, 5) is 1.25. The van der Waals surface area contributed by atoms with Crippen LogP contribution in [0.2, 0.25) is 0 Å². The van der Waals surface area contributed by atoms with Crippen molar-refractivity contribution in [1.82, 2.24) is 0 Å². The van der Waals surface area contributed by atoms with Crippen molar-refractivity contribution in [1.29, 1.82) is 0 Å². The Bertz CT molecular complexity index is 418. The van der Waals surface area contributed by atoms with Gasteiger partial charge in [0.2, 0.25) is 0 Å². The Morgan fingerprint density at radius 3 is 2.44 bits per heavy atom.